The molecule has 0 aliphatic carbocycles. The van der Waals surface area contributed by atoms with Gasteiger partial charge in [-0.15, -0.1) is 0 Å². The van der Waals surface area contributed by atoms with Gasteiger partial charge >= 0.3 is 0 Å². The van der Waals surface area contributed by atoms with Crippen LogP contribution in [0.15, 0.2) is 28.9 Å². The van der Waals surface area contributed by atoms with Gasteiger partial charge in [-0.3, -0.25) is 0 Å². The highest BCUT2D eigenvalue weighted by Crippen LogP contribution is 2.18. The molecule has 2 aromatic rings. The second-order valence-electron chi connectivity index (χ2n) is 2.52. The summed E-state index contributed by atoms with van der Waals surface area (Å²) >= 11 is 0. The predicted molar refractivity (Wildman–Crippen MR) is 44.4 cm³/mol. The van der Waals surface area contributed by atoms with Crippen molar-refractivity contribution in [2.24, 2.45) is 0 Å². The van der Waals surface area contributed by atoms with Gasteiger partial charge in [0.2, 0.25) is 0 Å². The van der Waals surface area contributed by atoms with Gasteiger partial charge in [-0.05, 0) is 18.1 Å². The van der Waals surface area contributed by atoms with E-state index in [4.69, 9.17) is 4.42 Å². The maximum atomic E-state index is 5.20. The molecule has 0 unspecified atom stereocenters. The molecule has 1 heteroatoms. The quantitative estimate of drug-likeness (QED) is 0.601. The van der Waals surface area contributed by atoms with Crippen molar-refractivity contribution in [2.75, 3.05) is 0 Å². The van der Waals surface area contributed by atoms with Gasteiger partial charge in [0.05, 0.1) is 6.26 Å². The standard InChI is InChI=1S/C10H9O/c1-2-8-4-3-5-10-9(8)6-7-11-10/h3-5,7H,2H2,1H3. The Hall–Kier alpha value is -1.24. The van der Waals surface area contributed by atoms with Crippen LogP contribution in [0, 0.1) is 6.07 Å². The average Bonchev–Trinajstić information content (AvgIpc) is 2.50. The fraction of sp³-hybridized carbons (Fsp3) is 0.200. The van der Waals surface area contributed by atoms with Crippen LogP contribution >= 0.6 is 0 Å². The smallest absolute Gasteiger partial charge is 0.134 e. The van der Waals surface area contributed by atoms with Crippen LogP contribution in [0.3, 0.4) is 0 Å². The number of hydrogen-bond acceptors (Lipinski definition) is 1. The van der Waals surface area contributed by atoms with Gasteiger partial charge in [-0.2, -0.15) is 0 Å². The Bertz CT molecular complexity index is 360. The Labute approximate surface area is 65.6 Å². The summed E-state index contributed by atoms with van der Waals surface area (Å²) in [5.74, 6) is 0. The van der Waals surface area contributed by atoms with Gasteiger partial charge in [0.25, 0.3) is 0 Å². The van der Waals surface area contributed by atoms with E-state index in [9.17, 15) is 0 Å². The molecule has 1 nitrogen and oxygen atoms in total. The third kappa shape index (κ3) is 0.929. The van der Waals surface area contributed by atoms with Crippen LogP contribution < -0.4 is 0 Å². The van der Waals surface area contributed by atoms with E-state index in [2.05, 4.69) is 19.1 Å². The van der Waals surface area contributed by atoms with E-state index >= 15 is 0 Å². The molecule has 0 aliphatic heterocycles. The SMILES string of the molecule is CCc1cccc2oc[c]c12. The molecule has 1 heterocycles. The molecule has 1 radical (unpaired) electrons. The van der Waals surface area contributed by atoms with Crippen LogP contribution in [0.5, 0.6) is 0 Å². The first kappa shape index (κ1) is 6.47. The van der Waals surface area contributed by atoms with Crippen molar-refractivity contribution >= 4 is 11.0 Å². The van der Waals surface area contributed by atoms with Gasteiger partial charge in [-0.25, -0.2) is 0 Å². The van der Waals surface area contributed by atoms with Gasteiger partial charge < -0.3 is 4.42 Å². The minimum atomic E-state index is 0.935. The van der Waals surface area contributed by atoms with Gasteiger partial charge in [0.1, 0.15) is 5.58 Å². The van der Waals surface area contributed by atoms with Crippen molar-refractivity contribution < 1.29 is 4.42 Å². The monoisotopic (exact) mass is 145 g/mol. The summed E-state index contributed by atoms with van der Waals surface area (Å²) in [6.07, 6.45) is 2.65. The lowest BCUT2D eigenvalue weighted by atomic mass is 10.1. The van der Waals surface area contributed by atoms with E-state index < -0.39 is 0 Å². The van der Waals surface area contributed by atoms with Crippen LogP contribution in [0.25, 0.3) is 11.0 Å². The summed E-state index contributed by atoms with van der Waals surface area (Å²) in [6.45, 7) is 2.13. The maximum Gasteiger partial charge on any atom is 0.134 e. The largest absolute Gasteiger partial charge is 0.464 e. The number of benzene rings is 1. The van der Waals surface area contributed by atoms with Gasteiger partial charge in [0.15, 0.2) is 0 Å². The van der Waals surface area contributed by atoms with Crippen molar-refractivity contribution in [3.05, 3.63) is 36.1 Å². The fourth-order valence-electron chi connectivity index (χ4n) is 1.29. The summed E-state index contributed by atoms with van der Waals surface area (Å²) in [6, 6.07) is 9.15. The van der Waals surface area contributed by atoms with Crippen LogP contribution in [-0.4, -0.2) is 0 Å². The molecule has 0 saturated carbocycles. The number of furan rings is 1. The third-order valence-electron chi connectivity index (χ3n) is 1.88. The minimum absolute atomic E-state index is 0.935. The highest BCUT2D eigenvalue weighted by atomic mass is 16.3. The zero-order chi connectivity index (χ0) is 7.68. The molecule has 0 atom stereocenters. The molecule has 0 spiro atoms. The number of aryl methyl sites for hydroxylation is 1. The van der Waals surface area contributed by atoms with Crippen molar-refractivity contribution in [3.8, 4) is 0 Å². The second-order valence-corrected chi connectivity index (χ2v) is 2.52. The first-order valence-electron chi connectivity index (χ1n) is 3.78. The van der Waals surface area contributed by atoms with Gasteiger partial charge in [0, 0.05) is 11.5 Å². The molecule has 0 fully saturated rings. The summed E-state index contributed by atoms with van der Waals surface area (Å²) in [7, 11) is 0. The summed E-state index contributed by atoms with van der Waals surface area (Å²) < 4.78 is 5.20. The Balaban J connectivity index is 2.79. The van der Waals surface area contributed by atoms with E-state index in [0.29, 0.717) is 0 Å². The predicted octanol–water partition coefficient (Wildman–Crippen LogP) is 2.80. The fourth-order valence-corrected chi connectivity index (χ4v) is 1.29. The molecule has 0 bridgehead atoms. The van der Waals surface area contributed by atoms with E-state index in [0.717, 1.165) is 17.4 Å². The summed E-state index contributed by atoms with van der Waals surface area (Å²) in [5.41, 5.74) is 2.24. The molecule has 0 saturated heterocycles. The lowest BCUT2D eigenvalue weighted by Gasteiger charge is -1.95. The number of hydrogen-bond donors (Lipinski definition) is 0. The van der Waals surface area contributed by atoms with E-state index in [1.807, 2.05) is 12.1 Å². The average molecular weight is 145 g/mol. The first-order valence-corrected chi connectivity index (χ1v) is 3.78. The summed E-state index contributed by atoms with van der Waals surface area (Å²) in [5, 5.41) is 1.12. The van der Waals surface area contributed by atoms with Crippen molar-refractivity contribution in [3.63, 3.8) is 0 Å². The number of fused-ring (bicyclic) bond motifs is 1. The first-order chi connectivity index (χ1) is 5.42. The Morgan fingerprint density at radius 1 is 1.45 bits per heavy atom. The molecule has 1 aromatic heterocycles. The van der Waals surface area contributed by atoms with E-state index in [1.54, 1.807) is 6.26 Å². The highest BCUT2D eigenvalue weighted by Gasteiger charge is 1.99. The molecule has 0 amide bonds. The molecular formula is C10H9O. The molecule has 2 rings (SSSR count). The van der Waals surface area contributed by atoms with E-state index in [-0.39, 0.29) is 0 Å². The lowest BCUT2D eigenvalue weighted by Crippen LogP contribution is -1.78. The van der Waals surface area contributed by atoms with E-state index in [1.165, 1.54) is 5.56 Å². The van der Waals surface area contributed by atoms with Crippen LogP contribution in [0.2, 0.25) is 0 Å². The zero-order valence-electron chi connectivity index (χ0n) is 6.42. The Morgan fingerprint density at radius 2 is 2.36 bits per heavy atom. The third-order valence-corrected chi connectivity index (χ3v) is 1.88. The molecule has 11 heavy (non-hydrogen) atoms. The topological polar surface area (TPSA) is 13.1 Å². The molecule has 1 aromatic carbocycles. The van der Waals surface area contributed by atoms with Crippen LogP contribution in [0.1, 0.15) is 12.5 Å². The van der Waals surface area contributed by atoms with Crippen molar-refractivity contribution in [1.29, 1.82) is 0 Å². The minimum Gasteiger partial charge on any atom is -0.464 e. The Kier molecular flexibility index (Phi) is 1.42. The maximum absolute atomic E-state index is 5.20. The Morgan fingerprint density at radius 3 is 3.18 bits per heavy atom. The van der Waals surface area contributed by atoms with Crippen molar-refractivity contribution in [1.82, 2.24) is 0 Å². The second kappa shape index (κ2) is 2.42. The summed E-state index contributed by atoms with van der Waals surface area (Å²) in [4.78, 5) is 0. The lowest BCUT2D eigenvalue weighted by molar-refractivity contribution is 0.615. The zero-order valence-corrected chi connectivity index (χ0v) is 6.42. The van der Waals surface area contributed by atoms with Crippen molar-refractivity contribution in [2.45, 2.75) is 13.3 Å². The normalized spacial score (nSPS) is 10.6. The highest BCUT2D eigenvalue weighted by molar-refractivity contribution is 5.80. The molecule has 0 aliphatic rings. The number of rotatable bonds is 1. The van der Waals surface area contributed by atoms with Crippen LogP contribution in [-0.2, 0) is 6.42 Å². The molecular weight excluding hydrogens is 136 g/mol. The molecule has 55 valence electrons. The van der Waals surface area contributed by atoms with Gasteiger partial charge in [-0.1, -0.05) is 19.1 Å². The van der Waals surface area contributed by atoms with Crippen LogP contribution in [0.4, 0.5) is 0 Å². The molecule has 0 N–H and O–H groups in total.